The van der Waals surface area contributed by atoms with Crippen LogP contribution in [-0.4, -0.2) is 15.0 Å². The second-order valence-electron chi connectivity index (χ2n) is 3.92. The molecule has 0 aliphatic heterocycles. The van der Waals surface area contributed by atoms with Gasteiger partial charge in [0.25, 0.3) is 0 Å². The Morgan fingerprint density at radius 3 is 2.70 bits per heavy atom. The molecular formula is C14H9N5S. The summed E-state index contributed by atoms with van der Waals surface area (Å²) >= 11 is 1.44. The molecule has 0 spiro atoms. The molecule has 20 heavy (non-hydrogen) atoms. The van der Waals surface area contributed by atoms with Gasteiger partial charge >= 0.3 is 0 Å². The molecule has 2 aromatic heterocycles. The normalized spacial score (nSPS) is 9.95. The third kappa shape index (κ3) is 2.48. The van der Waals surface area contributed by atoms with Crippen molar-refractivity contribution in [3.8, 4) is 16.6 Å². The van der Waals surface area contributed by atoms with Crippen LogP contribution >= 0.6 is 11.3 Å². The molecule has 5 nitrogen and oxygen atoms in total. The van der Waals surface area contributed by atoms with Crippen LogP contribution in [0.4, 0.5) is 11.6 Å². The topological polar surface area (TPSA) is 74.5 Å². The Kier molecular flexibility index (Phi) is 3.35. The van der Waals surface area contributed by atoms with E-state index in [-0.39, 0.29) is 0 Å². The van der Waals surface area contributed by atoms with Gasteiger partial charge in [-0.15, -0.1) is 11.3 Å². The number of rotatable bonds is 3. The molecule has 96 valence electrons. The second kappa shape index (κ2) is 5.47. The molecule has 3 rings (SSSR count). The Morgan fingerprint density at radius 1 is 1.15 bits per heavy atom. The summed E-state index contributed by atoms with van der Waals surface area (Å²) in [5, 5.41) is 12.2. The summed E-state index contributed by atoms with van der Waals surface area (Å²) in [4.78, 5) is 13.4. The molecule has 0 atom stereocenters. The Labute approximate surface area is 119 Å². The maximum atomic E-state index is 9.13. The fourth-order valence-electron chi connectivity index (χ4n) is 1.70. The molecule has 0 amide bonds. The molecule has 0 bridgehead atoms. The van der Waals surface area contributed by atoms with Gasteiger partial charge in [-0.25, -0.2) is 9.97 Å². The average Bonchev–Trinajstić information content (AvgIpc) is 3.02. The first-order valence-electron chi connectivity index (χ1n) is 5.85. The van der Waals surface area contributed by atoms with Crippen LogP contribution in [0.25, 0.3) is 10.6 Å². The minimum absolute atomic E-state index is 0.438. The molecule has 1 N–H and O–H groups in total. The standard InChI is InChI=1S/C14H9N5S/c15-6-10-7-17-14(18-11-4-2-1-3-5-11)19-13(10)12-8-16-9-20-12/h1-5,7-9H,(H,17,18,19). The van der Waals surface area contributed by atoms with Crippen molar-refractivity contribution < 1.29 is 0 Å². The Hall–Kier alpha value is -2.78. The molecule has 0 radical (unpaired) electrons. The van der Waals surface area contributed by atoms with Gasteiger partial charge in [0, 0.05) is 11.9 Å². The molecule has 0 saturated carbocycles. The lowest BCUT2D eigenvalue weighted by Gasteiger charge is -2.06. The van der Waals surface area contributed by atoms with Crippen LogP contribution in [0.5, 0.6) is 0 Å². The Bertz CT molecular complexity index is 747. The highest BCUT2D eigenvalue weighted by atomic mass is 32.1. The Balaban J connectivity index is 1.99. The van der Waals surface area contributed by atoms with Crippen molar-refractivity contribution in [2.75, 3.05) is 5.32 Å². The maximum Gasteiger partial charge on any atom is 0.227 e. The molecule has 0 fully saturated rings. The zero-order valence-corrected chi connectivity index (χ0v) is 11.1. The molecule has 0 saturated heterocycles. The van der Waals surface area contributed by atoms with Gasteiger partial charge in [0.05, 0.1) is 22.1 Å². The van der Waals surface area contributed by atoms with Crippen LogP contribution in [0.2, 0.25) is 0 Å². The van der Waals surface area contributed by atoms with Crippen molar-refractivity contribution in [2.24, 2.45) is 0 Å². The van der Waals surface area contributed by atoms with Crippen molar-refractivity contribution in [3.63, 3.8) is 0 Å². The average molecular weight is 279 g/mol. The zero-order chi connectivity index (χ0) is 13.8. The third-order valence-electron chi connectivity index (χ3n) is 2.60. The van der Waals surface area contributed by atoms with E-state index in [1.807, 2.05) is 30.3 Å². The van der Waals surface area contributed by atoms with Gasteiger partial charge in [0.15, 0.2) is 0 Å². The number of para-hydroxylation sites is 1. The van der Waals surface area contributed by atoms with Gasteiger partial charge in [-0.1, -0.05) is 18.2 Å². The van der Waals surface area contributed by atoms with E-state index in [1.54, 1.807) is 11.7 Å². The zero-order valence-electron chi connectivity index (χ0n) is 10.3. The van der Waals surface area contributed by atoms with E-state index in [2.05, 4.69) is 26.3 Å². The fourth-order valence-corrected chi connectivity index (χ4v) is 2.32. The lowest BCUT2D eigenvalue weighted by Crippen LogP contribution is -1.99. The highest BCUT2D eigenvalue weighted by Crippen LogP contribution is 2.25. The van der Waals surface area contributed by atoms with Gasteiger partial charge in [0.2, 0.25) is 5.95 Å². The number of thiazole rings is 1. The first kappa shape index (κ1) is 12.3. The number of hydrogen-bond acceptors (Lipinski definition) is 6. The smallest absolute Gasteiger partial charge is 0.227 e. The first-order valence-corrected chi connectivity index (χ1v) is 6.73. The number of aromatic nitrogens is 3. The van der Waals surface area contributed by atoms with E-state index in [0.29, 0.717) is 17.2 Å². The summed E-state index contributed by atoms with van der Waals surface area (Å²) < 4.78 is 0. The van der Waals surface area contributed by atoms with E-state index in [1.165, 1.54) is 17.5 Å². The quantitative estimate of drug-likeness (QED) is 0.796. The van der Waals surface area contributed by atoms with E-state index in [9.17, 15) is 0 Å². The largest absolute Gasteiger partial charge is 0.324 e. The van der Waals surface area contributed by atoms with Gasteiger partial charge in [-0.05, 0) is 12.1 Å². The molecule has 6 heteroatoms. The van der Waals surface area contributed by atoms with E-state index >= 15 is 0 Å². The third-order valence-corrected chi connectivity index (χ3v) is 3.38. The second-order valence-corrected chi connectivity index (χ2v) is 4.81. The van der Waals surface area contributed by atoms with Gasteiger partial charge in [0.1, 0.15) is 11.8 Å². The molecule has 1 aromatic carbocycles. The van der Waals surface area contributed by atoms with E-state index in [4.69, 9.17) is 5.26 Å². The number of nitrogens with one attached hydrogen (secondary N) is 1. The van der Waals surface area contributed by atoms with Gasteiger partial charge in [-0.2, -0.15) is 5.26 Å². The highest BCUT2D eigenvalue weighted by molar-refractivity contribution is 7.13. The minimum Gasteiger partial charge on any atom is -0.324 e. The summed E-state index contributed by atoms with van der Waals surface area (Å²) in [6.07, 6.45) is 3.22. The van der Waals surface area contributed by atoms with Crippen LogP contribution in [0, 0.1) is 11.3 Å². The first-order chi connectivity index (χ1) is 9.86. The summed E-state index contributed by atoms with van der Waals surface area (Å²) in [5.74, 6) is 0.457. The summed E-state index contributed by atoms with van der Waals surface area (Å²) in [6, 6.07) is 11.7. The van der Waals surface area contributed by atoms with Gasteiger partial charge in [-0.3, -0.25) is 4.98 Å². The fraction of sp³-hybridized carbons (Fsp3) is 0. The van der Waals surface area contributed by atoms with Crippen molar-refractivity contribution in [1.82, 2.24) is 15.0 Å². The van der Waals surface area contributed by atoms with E-state index in [0.717, 1.165) is 10.6 Å². The van der Waals surface area contributed by atoms with Crippen LogP contribution in [-0.2, 0) is 0 Å². The number of hydrogen-bond donors (Lipinski definition) is 1. The lowest BCUT2D eigenvalue weighted by molar-refractivity contribution is 1.16. The van der Waals surface area contributed by atoms with Crippen molar-refractivity contribution in [3.05, 3.63) is 53.8 Å². The summed E-state index contributed by atoms with van der Waals surface area (Å²) in [6.45, 7) is 0. The molecule has 2 heterocycles. The molecule has 0 unspecified atom stereocenters. The summed E-state index contributed by atoms with van der Waals surface area (Å²) in [7, 11) is 0. The molecule has 0 aliphatic rings. The van der Waals surface area contributed by atoms with Crippen LogP contribution in [0.1, 0.15) is 5.56 Å². The number of anilines is 2. The van der Waals surface area contributed by atoms with Crippen molar-refractivity contribution in [1.29, 1.82) is 5.26 Å². The number of nitrogens with zero attached hydrogens (tertiary/aromatic N) is 4. The number of nitriles is 1. The minimum atomic E-state index is 0.438. The van der Waals surface area contributed by atoms with Crippen molar-refractivity contribution in [2.45, 2.75) is 0 Å². The predicted octanol–water partition coefficient (Wildman–Crippen LogP) is 3.22. The van der Waals surface area contributed by atoms with Crippen LogP contribution in [0.15, 0.2) is 48.2 Å². The Morgan fingerprint density at radius 2 is 2.00 bits per heavy atom. The highest BCUT2D eigenvalue weighted by Gasteiger charge is 2.10. The van der Waals surface area contributed by atoms with Crippen molar-refractivity contribution >= 4 is 23.0 Å². The summed E-state index contributed by atoms with van der Waals surface area (Å²) in [5.41, 5.74) is 3.65. The van der Waals surface area contributed by atoms with Crippen LogP contribution in [0.3, 0.4) is 0 Å². The molecule has 0 aliphatic carbocycles. The molecular weight excluding hydrogens is 270 g/mol. The van der Waals surface area contributed by atoms with Gasteiger partial charge < -0.3 is 5.32 Å². The lowest BCUT2D eigenvalue weighted by atomic mass is 10.2. The van der Waals surface area contributed by atoms with E-state index < -0.39 is 0 Å². The maximum absolute atomic E-state index is 9.13. The predicted molar refractivity (Wildman–Crippen MR) is 77.6 cm³/mol. The SMILES string of the molecule is N#Cc1cnc(Nc2ccccc2)nc1-c1cncs1. The number of benzene rings is 1. The monoisotopic (exact) mass is 279 g/mol. The molecule has 3 aromatic rings. The van der Waals surface area contributed by atoms with Crippen LogP contribution < -0.4 is 5.32 Å².